The Bertz CT molecular complexity index is 3230. The molecule has 0 radical (unpaired) electrons. The van der Waals surface area contributed by atoms with Gasteiger partial charge >= 0.3 is 5.97 Å². The van der Waals surface area contributed by atoms with Crippen molar-refractivity contribution in [3.63, 3.8) is 0 Å². The second kappa shape index (κ2) is 24.3. The van der Waals surface area contributed by atoms with E-state index in [4.69, 9.17) is 14.5 Å². The van der Waals surface area contributed by atoms with Gasteiger partial charge in [0.25, 0.3) is 5.56 Å². The highest BCUT2D eigenvalue weighted by Gasteiger charge is 2.46. The number of likely N-dealkylation sites (tertiary alicyclic amines) is 1. The smallest absolute Gasteiger partial charge is 0.343 e. The van der Waals surface area contributed by atoms with Gasteiger partial charge in [-0.25, -0.2) is 14.2 Å². The summed E-state index contributed by atoms with van der Waals surface area (Å²) in [4.78, 5) is 136. The normalized spacial score (nSPS) is 19.6. The summed E-state index contributed by atoms with van der Waals surface area (Å²) in [6, 6.07) is 10.6. The van der Waals surface area contributed by atoms with Crippen LogP contribution in [0.25, 0.3) is 22.3 Å². The summed E-state index contributed by atoms with van der Waals surface area (Å²) in [5.74, 6) is -5.37. The summed E-state index contributed by atoms with van der Waals surface area (Å²) in [5.41, 5.74) is 2.39. The highest BCUT2D eigenvalue weighted by atomic mass is 19.1. The van der Waals surface area contributed by atoms with Crippen LogP contribution in [0.2, 0.25) is 0 Å². The monoisotopic (exact) mass is 1100 g/mol. The van der Waals surface area contributed by atoms with Crippen LogP contribution < -0.4 is 32.1 Å². The number of aromatic nitrogens is 2. The van der Waals surface area contributed by atoms with Crippen LogP contribution in [0.1, 0.15) is 129 Å². The summed E-state index contributed by atoms with van der Waals surface area (Å²) >= 11 is 0. The maximum absolute atomic E-state index is 15.6. The number of aryl methyl sites for hydroxylation is 1. The topological polar surface area (TPSA) is 291 Å². The zero-order chi connectivity index (χ0) is 57.0. The molecular formula is C58H67FN8O13. The third-order valence-electron chi connectivity index (χ3n) is 16.1. The fourth-order valence-corrected chi connectivity index (χ4v) is 11.4. The minimum absolute atomic E-state index is 0.0360. The molecule has 1 saturated carbocycles. The number of carbonyl (C=O) groups is 9. The molecule has 424 valence electrons. The van der Waals surface area contributed by atoms with Crippen molar-refractivity contribution in [1.82, 2.24) is 41.0 Å². The Morgan fingerprint density at radius 3 is 2.34 bits per heavy atom. The fraction of sp³-hybridized carbons (Fsp3) is 0.500. The molecule has 22 heteroatoms. The van der Waals surface area contributed by atoms with E-state index in [2.05, 4.69) is 26.6 Å². The molecule has 0 spiro atoms. The van der Waals surface area contributed by atoms with Crippen LogP contribution in [0.4, 0.5) is 4.39 Å². The van der Waals surface area contributed by atoms with Gasteiger partial charge in [-0.15, -0.1) is 0 Å². The number of Topliss-reactive ketones (excluding diaryl/α,β-unsaturated/α-hetero) is 1. The fourth-order valence-electron chi connectivity index (χ4n) is 11.4. The molecule has 2 aromatic heterocycles. The Labute approximate surface area is 460 Å². The number of imide groups is 1. The van der Waals surface area contributed by atoms with E-state index in [1.165, 1.54) is 15.5 Å². The van der Waals surface area contributed by atoms with Crippen LogP contribution in [0.5, 0.6) is 0 Å². The number of aliphatic hydroxyl groups is 1. The van der Waals surface area contributed by atoms with E-state index in [0.29, 0.717) is 78.7 Å². The Morgan fingerprint density at radius 2 is 1.61 bits per heavy atom. The molecule has 5 heterocycles. The maximum atomic E-state index is 15.6. The lowest BCUT2D eigenvalue weighted by Crippen LogP contribution is -2.52. The third-order valence-corrected chi connectivity index (χ3v) is 16.1. The predicted octanol–water partition coefficient (Wildman–Crippen LogP) is 2.81. The minimum Gasteiger partial charge on any atom is -0.458 e. The number of nitrogens with zero attached hydrogens (tertiary/aromatic N) is 3. The summed E-state index contributed by atoms with van der Waals surface area (Å²) in [5, 5.41) is 24.9. The number of hydrogen-bond donors (Lipinski definition) is 6. The molecule has 2 aromatic carbocycles. The van der Waals surface area contributed by atoms with E-state index in [-0.39, 0.29) is 104 Å². The maximum Gasteiger partial charge on any atom is 0.343 e. The first-order chi connectivity index (χ1) is 38.3. The zero-order valence-corrected chi connectivity index (χ0v) is 45.1. The molecule has 0 bridgehead atoms. The number of unbranched alkanes of at least 4 members (excludes halogenated alkanes) is 2. The van der Waals surface area contributed by atoms with Gasteiger partial charge in [-0.3, -0.25) is 48.1 Å². The summed E-state index contributed by atoms with van der Waals surface area (Å²) < 4.78 is 28.5. The molecule has 1 unspecified atom stereocenters. The van der Waals surface area contributed by atoms with Crippen LogP contribution in [-0.4, -0.2) is 118 Å². The third kappa shape index (κ3) is 12.3. The molecule has 1 saturated heterocycles. The molecule has 9 rings (SSSR count). The van der Waals surface area contributed by atoms with E-state index < -0.39 is 78.4 Å². The van der Waals surface area contributed by atoms with Crippen LogP contribution in [-0.2, 0) is 84.2 Å². The zero-order valence-electron chi connectivity index (χ0n) is 45.1. The highest BCUT2D eigenvalue weighted by Crippen LogP contribution is 2.48. The number of pyridine rings is 2. The van der Waals surface area contributed by atoms with Crippen molar-refractivity contribution in [1.29, 1.82) is 0 Å². The van der Waals surface area contributed by atoms with Gasteiger partial charge < -0.3 is 45.7 Å². The second-order valence-corrected chi connectivity index (χ2v) is 21.7. The lowest BCUT2D eigenvalue weighted by Gasteiger charge is -2.31. The van der Waals surface area contributed by atoms with Gasteiger partial charge in [-0.2, -0.15) is 0 Å². The molecule has 5 aliphatic rings. The average Bonchev–Trinajstić information content (AvgIpc) is 4.22. The van der Waals surface area contributed by atoms with Crippen molar-refractivity contribution >= 4 is 64.0 Å². The van der Waals surface area contributed by atoms with Gasteiger partial charge in [0.2, 0.25) is 41.4 Å². The van der Waals surface area contributed by atoms with Gasteiger partial charge in [0.1, 0.15) is 31.3 Å². The first-order valence-electron chi connectivity index (χ1n) is 27.6. The van der Waals surface area contributed by atoms with Crippen LogP contribution in [0, 0.1) is 24.6 Å². The SMILES string of the molecule is CC[C@@]1(O)C(=O)OCc2c1cc1n(c2=O)Cc2c-1nc1cc(F)c(C)c3c1c2[C@@H](CC(=O)[C@H](CC1CC1)OCNC(=O)CNC(=O)[C@H](Cc1ccccc1)NC(=O)CNC(=O)CNC(=O)CCCCCN1C(=O)CC(C)C1=O)CC3. The number of ketones is 1. The van der Waals surface area contributed by atoms with Gasteiger partial charge in [-0.1, -0.05) is 63.4 Å². The number of halogens is 1. The lowest BCUT2D eigenvalue weighted by molar-refractivity contribution is -0.172. The summed E-state index contributed by atoms with van der Waals surface area (Å²) in [6.07, 6.45) is 4.31. The number of benzene rings is 2. The molecule has 3 aliphatic heterocycles. The van der Waals surface area contributed by atoms with Gasteiger partial charge in [0.15, 0.2) is 11.4 Å². The average molecular weight is 1100 g/mol. The van der Waals surface area contributed by atoms with Crippen molar-refractivity contribution in [3.05, 3.63) is 97.6 Å². The number of amides is 7. The highest BCUT2D eigenvalue weighted by molar-refractivity contribution is 6.03. The molecule has 80 heavy (non-hydrogen) atoms. The Kier molecular flexibility index (Phi) is 17.3. The molecule has 5 atom stereocenters. The van der Waals surface area contributed by atoms with E-state index in [1.54, 1.807) is 57.2 Å². The number of cyclic esters (lactones) is 1. The Morgan fingerprint density at radius 1 is 0.887 bits per heavy atom. The molecular weight excluding hydrogens is 1040 g/mol. The van der Waals surface area contributed by atoms with E-state index in [0.717, 1.165) is 29.4 Å². The largest absolute Gasteiger partial charge is 0.458 e. The second-order valence-electron chi connectivity index (χ2n) is 21.7. The van der Waals surface area contributed by atoms with Gasteiger partial charge in [0, 0.05) is 60.7 Å². The minimum atomic E-state index is -2.04. The van der Waals surface area contributed by atoms with Crippen molar-refractivity contribution in [2.45, 2.75) is 141 Å². The number of nitrogens with one attached hydrogen (secondary N) is 5. The van der Waals surface area contributed by atoms with Crippen LogP contribution in [0.3, 0.4) is 0 Å². The molecule has 4 aromatic rings. The van der Waals surface area contributed by atoms with Gasteiger partial charge in [0.05, 0.1) is 48.6 Å². The van der Waals surface area contributed by atoms with Gasteiger partial charge in [-0.05, 0) is 85.6 Å². The number of hydrogen-bond acceptors (Lipinski definition) is 14. The quantitative estimate of drug-likeness (QED) is 0.0212. The summed E-state index contributed by atoms with van der Waals surface area (Å²) in [7, 11) is 0. The molecule has 2 aliphatic carbocycles. The van der Waals surface area contributed by atoms with Crippen LogP contribution >= 0.6 is 0 Å². The van der Waals surface area contributed by atoms with E-state index in [9.17, 15) is 53.1 Å². The molecule has 21 nitrogen and oxygen atoms in total. The van der Waals surface area contributed by atoms with E-state index >= 15 is 4.39 Å². The predicted molar refractivity (Wildman–Crippen MR) is 285 cm³/mol. The number of fused-ring (bicyclic) bond motifs is 5. The van der Waals surface area contributed by atoms with E-state index in [1.807, 2.05) is 0 Å². The van der Waals surface area contributed by atoms with Crippen molar-refractivity contribution in [2.75, 3.05) is 32.9 Å². The lowest BCUT2D eigenvalue weighted by atomic mass is 9.76. The summed E-state index contributed by atoms with van der Waals surface area (Å²) in [6.45, 7) is 3.38. The number of carbonyl (C=O) groups excluding carboxylic acids is 9. The van der Waals surface area contributed by atoms with Crippen molar-refractivity contribution in [2.24, 2.45) is 11.8 Å². The van der Waals surface area contributed by atoms with Crippen LogP contribution in [0.15, 0.2) is 47.3 Å². The van der Waals surface area contributed by atoms with Crippen molar-refractivity contribution < 1.29 is 62.1 Å². The standard InChI is InChI=1S/C58H67FN8O13/c1-4-58(78)39-23-43-53-37(28-67(43)56(76)38(39)29-79-57(58)77)51-35(16-17-36-32(3)40(59)24-41(65-53)52(36)51)22-44(68)45(21-34-14-15-34)80-30-63-48(71)26-62-54(74)42(20-33-11-7-5-8-12-33)64-49(72)27-61-47(70)25-60-46(69)13-9-6-10-18-66-50(73)19-31(2)55(66)75/h5,7-8,11-12,23-24,31,34-35,42,45,78H,4,6,9-10,13-22,25-30H2,1-3H3,(H,60,69)(H,61,70)(H,62,74)(H,63,71)(H,64,72)/t31?,35-,42+,45+,58+/m1/s1. The molecule has 6 N–H and O–H groups in total. The molecule has 2 fully saturated rings. The first-order valence-corrected chi connectivity index (χ1v) is 27.6. The Balaban J connectivity index is 0.779. The number of ether oxygens (including phenoxy) is 2. The number of rotatable bonds is 25. The first kappa shape index (κ1) is 57.0. The van der Waals surface area contributed by atoms with Crippen molar-refractivity contribution in [3.8, 4) is 11.4 Å². The Hall–Kier alpha value is -7.72. The molecule has 7 amide bonds. The number of esters is 1.